The van der Waals surface area contributed by atoms with Crippen molar-refractivity contribution in [1.29, 1.82) is 0 Å². The molecule has 2 aromatic rings. The van der Waals surface area contributed by atoms with E-state index in [1.54, 1.807) is 12.1 Å². The fourth-order valence-electron chi connectivity index (χ4n) is 3.03. The molecule has 0 bridgehead atoms. The lowest BCUT2D eigenvalue weighted by molar-refractivity contribution is 0.101. The fourth-order valence-corrected chi connectivity index (χ4v) is 4.67. The first kappa shape index (κ1) is 19.0. The third-order valence-corrected chi connectivity index (χ3v) is 6.67. The third kappa shape index (κ3) is 4.32. The average Bonchev–Trinajstić information content (AvgIpc) is 2.62. The van der Waals surface area contributed by atoms with Gasteiger partial charge in [0.25, 0.3) is 0 Å². The van der Waals surface area contributed by atoms with E-state index in [1.807, 2.05) is 24.3 Å². The second kappa shape index (κ2) is 7.88. The highest BCUT2D eigenvalue weighted by Gasteiger charge is 2.28. The highest BCUT2D eigenvalue weighted by Crippen LogP contribution is 2.20. The Morgan fingerprint density at radius 1 is 1.04 bits per heavy atom. The van der Waals surface area contributed by atoms with Gasteiger partial charge in [0.1, 0.15) is 0 Å². The molecule has 0 aliphatic carbocycles. The number of nitrogens with zero attached hydrogens (tertiary/aromatic N) is 2. The van der Waals surface area contributed by atoms with E-state index in [4.69, 9.17) is 11.6 Å². The Morgan fingerprint density at radius 2 is 1.69 bits per heavy atom. The number of benzene rings is 2. The molecule has 0 radical (unpaired) electrons. The number of hydrogen-bond donors (Lipinski definition) is 0. The average molecular weight is 393 g/mol. The standard InChI is InChI=1S/C19H21ClN2O3S/c1-15(23)17-5-7-19(8-6-17)26(24,25)22-11-9-21(10-12-22)14-16-3-2-4-18(20)13-16/h2-8,13H,9-12,14H2,1H3. The lowest BCUT2D eigenvalue weighted by Gasteiger charge is -2.34. The van der Waals surface area contributed by atoms with Crippen molar-refractivity contribution in [3.8, 4) is 0 Å². The van der Waals surface area contributed by atoms with Crippen LogP contribution in [0.3, 0.4) is 0 Å². The number of Topliss-reactive ketones (excluding diaryl/α,β-unsaturated/α-hetero) is 1. The van der Waals surface area contributed by atoms with Crippen LogP contribution in [0.2, 0.25) is 5.02 Å². The third-order valence-electron chi connectivity index (χ3n) is 4.53. The van der Waals surface area contributed by atoms with Crippen LogP contribution in [0.25, 0.3) is 0 Å². The summed E-state index contributed by atoms with van der Waals surface area (Å²) >= 11 is 6.02. The fraction of sp³-hybridized carbons (Fsp3) is 0.316. The van der Waals surface area contributed by atoms with Gasteiger partial charge in [0, 0.05) is 43.3 Å². The molecule has 0 spiro atoms. The molecule has 0 atom stereocenters. The van der Waals surface area contributed by atoms with Gasteiger partial charge in [-0.2, -0.15) is 4.31 Å². The second-order valence-corrected chi connectivity index (χ2v) is 8.77. The Bertz CT molecular complexity index is 889. The van der Waals surface area contributed by atoms with E-state index in [9.17, 15) is 13.2 Å². The molecule has 5 nitrogen and oxygen atoms in total. The van der Waals surface area contributed by atoms with Crippen LogP contribution in [0.4, 0.5) is 0 Å². The predicted octanol–water partition coefficient (Wildman–Crippen LogP) is 3.05. The van der Waals surface area contributed by atoms with Crippen LogP contribution in [0.5, 0.6) is 0 Å². The van der Waals surface area contributed by atoms with Gasteiger partial charge in [0.05, 0.1) is 4.90 Å². The molecule has 2 aromatic carbocycles. The van der Waals surface area contributed by atoms with Crippen LogP contribution in [-0.4, -0.2) is 49.6 Å². The van der Waals surface area contributed by atoms with Gasteiger partial charge < -0.3 is 0 Å². The highest BCUT2D eigenvalue weighted by atomic mass is 35.5. The lowest BCUT2D eigenvalue weighted by Crippen LogP contribution is -2.48. The summed E-state index contributed by atoms with van der Waals surface area (Å²) < 4.78 is 27.1. The van der Waals surface area contributed by atoms with E-state index in [0.29, 0.717) is 36.8 Å². The van der Waals surface area contributed by atoms with Crippen molar-refractivity contribution in [3.05, 3.63) is 64.7 Å². The van der Waals surface area contributed by atoms with Gasteiger partial charge >= 0.3 is 0 Å². The van der Waals surface area contributed by atoms with Crippen molar-refractivity contribution in [2.45, 2.75) is 18.4 Å². The molecule has 1 saturated heterocycles. The molecule has 1 heterocycles. The number of ketones is 1. The molecule has 1 aliphatic heterocycles. The van der Waals surface area contributed by atoms with Crippen LogP contribution >= 0.6 is 11.6 Å². The summed E-state index contributed by atoms with van der Waals surface area (Å²) in [6.07, 6.45) is 0. The van der Waals surface area contributed by atoms with E-state index in [0.717, 1.165) is 12.1 Å². The maximum absolute atomic E-state index is 12.8. The van der Waals surface area contributed by atoms with Gasteiger partial charge in [-0.15, -0.1) is 0 Å². The van der Waals surface area contributed by atoms with Crippen LogP contribution in [0, 0.1) is 0 Å². The molecule has 0 aromatic heterocycles. The van der Waals surface area contributed by atoms with Crippen molar-refractivity contribution in [2.24, 2.45) is 0 Å². The van der Waals surface area contributed by atoms with Crippen LogP contribution < -0.4 is 0 Å². The maximum atomic E-state index is 12.8. The number of carbonyl (C=O) groups excluding carboxylic acids is 1. The predicted molar refractivity (Wildman–Crippen MR) is 102 cm³/mol. The van der Waals surface area contributed by atoms with E-state index in [1.165, 1.54) is 23.4 Å². The topological polar surface area (TPSA) is 57.7 Å². The Morgan fingerprint density at radius 3 is 2.27 bits per heavy atom. The lowest BCUT2D eigenvalue weighted by atomic mass is 10.2. The minimum atomic E-state index is -3.53. The van der Waals surface area contributed by atoms with Crippen molar-refractivity contribution >= 4 is 27.4 Å². The number of sulfonamides is 1. The first-order valence-corrected chi connectivity index (χ1v) is 10.3. The Hall–Kier alpha value is -1.73. The monoisotopic (exact) mass is 392 g/mol. The van der Waals surface area contributed by atoms with Crippen molar-refractivity contribution in [2.75, 3.05) is 26.2 Å². The van der Waals surface area contributed by atoms with Crippen molar-refractivity contribution < 1.29 is 13.2 Å². The molecular formula is C19H21ClN2O3S. The second-order valence-electron chi connectivity index (χ2n) is 6.39. The first-order chi connectivity index (χ1) is 12.4. The quantitative estimate of drug-likeness (QED) is 0.734. The van der Waals surface area contributed by atoms with Gasteiger partial charge in [-0.1, -0.05) is 35.9 Å². The van der Waals surface area contributed by atoms with Crippen LogP contribution in [-0.2, 0) is 16.6 Å². The minimum absolute atomic E-state index is 0.0800. The summed E-state index contributed by atoms with van der Waals surface area (Å²) in [6, 6.07) is 13.8. The highest BCUT2D eigenvalue weighted by molar-refractivity contribution is 7.89. The Balaban J connectivity index is 1.64. The Labute approximate surface area is 159 Å². The molecule has 0 unspecified atom stereocenters. The summed E-state index contributed by atoms with van der Waals surface area (Å²) in [5.74, 6) is -0.0800. The number of carbonyl (C=O) groups is 1. The molecule has 7 heteroatoms. The smallest absolute Gasteiger partial charge is 0.243 e. The Kier molecular flexibility index (Phi) is 5.77. The maximum Gasteiger partial charge on any atom is 0.243 e. The number of rotatable bonds is 5. The van der Waals surface area contributed by atoms with Gasteiger partial charge in [-0.3, -0.25) is 9.69 Å². The number of piperazine rings is 1. The molecule has 1 aliphatic rings. The van der Waals surface area contributed by atoms with E-state index in [-0.39, 0.29) is 10.7 Å². The van der Waals surface area contributed by atoms with Gasteiger partial charge in [-0.05, 0) is 36.8 Å². The molecule has 0 saturated carbocycles. The van der Waals surface area contributed by atoms with Gasteiger partial charge in [0.2, 0.25) is 10.0 Å². The van der Waals surface area contributed by atoms with E-state index in [2.05, 4.69) is 4.90 Å². The van der Waals surface area contributed by atoms with E-state index >= 15 is 0 Å². The molecule has 26 heavy (non-hydrogen) atoms. The number of hydrogen-bond acceptors (Lipinski definition) is 4. The summed E-state index contributed by atoms with van der Waals surface area (Å²) in [7, 11) is -3.53. The minimum Gasteiger partial charge on any atom is -0.296 e. The zero-order chi connectivity index (χ0) is 18.7. The largest absolute Gasteiger partial charge is 0.296 e. The summed E-state index contributed by atoms with van der Waals surface area (Å²) in [5, 5.41) is 0.706. The molecule has 138 valence electrons. The van der Waals surface area contributed by atoms with Gasteiger partial charge in [-0.25, -0.2) is 8.42 Å². The molecule has 1 fully saturated rings. The first-order valence-electron chi connectivity index (χ1n) is 8.44. The van der Waals surface area contributed by atoms with Crippen molar-refractivity contribution in [1.82, 2.24) is 9.21 Å². The number of halogens is 1. The zero-order valence-electron chi connectivity index (χ0n) is 14.6. The molecule has 0 N–H and O–H groups in total. The molecule has 3 rings (SSSR count). The van der Waals surface area contributed by atoms with Gasteiger partial charge in [0.15, 0.2) is 5.78 Å². The summed E-state index contributed by atoms with van der Waals surface area (Å²) in [4.78, 5) is 13.8. The molecule has 0 amide bonds. The normalized spacial score (nSPS) is 16.5. The zero-order valence-corrected chi connectivity index (χ0v) is 16.1. The summed E-state index contributed by atoms with van der Waals surface area (Å²) in [6.45, 7) is 4.42. The van der Waals surface area contributed by atoms with Crippen LogP contribution in [0.15, 0.2) is 53.4 Å². The van der Waals surface area contributed by atoms with Crippen LogP contribution in [0.1, 0.15) is 22.8 Å². The van der Waals surface area contributed by atoms with Crippen molar-refractivity contribution in [3.63, 3.8) is 0 Å². The SMILES string of the molecule is CC(=O)c1ccc(S(=O)(=O)N2CCN(Cc3cccc(Cl)c3)CC2)cc1. The van der Waals surface area contributed by atoms with E-state index < -0.39 is 10.0 Å². The molecular weight excluding hydrogens is 372 g/mol. The summed E-state index contributed by atoms with van der Waals surface area (Å²) in [5.41, 5.74) is 1.63.